The Morgan fingerprint density at radius 2 is 0.886 bits per heavy atom. The third kappa shape index (κ3) is 5.27. The van der Waals surface area contributed by atoms with E-state index >= 15 is 0 Å². The maximum atomic E-state index is 4.64. The molecule has 15 rings (SSSR count). The van der Waals surface area contributed by atoms with Crippen molar-refractivity contribution < 1.29 is 0 Å². The zero-order chi connectivity index (χ0) is 45.9. The topological polar surface area (TPSA) is 26.0 Å². The van der Waals surface area contributed by atoms with Gasteiger partial charge in [0.15, 0.2) is 0 Å². The van der Waals surface area contributed by atoms with Crippen LogP contribution in [-0.4, -0.2) is 14.1 Å². The second kappa shape index (κ2) is 14.9. The van der Waals surface area contributed by atoms with Gasteiger partial charge in [-0.3, -0.25) is 4.98 Å². The average Bonchev–Trinajstić information content (AvgIpc) is 4.14. The highest BCUT2D eigenvalue weighted by atomic mass is 15.1. The number of nitrogens with zero attached hydrogens (tertiary/aromatic N) is 4. The summed E-state index contributed by atoms with van der Waals surface area (Å²) in [6, 6.07) is 89.5. The summed E-state index contributed by atoms with van der Waals surface area (Å²) in [5, 5.41) is 4.75. The monoisotopic (exact) mass is 890 g/mol. The minimum atomic E-state index is -0.468. The van der Waals surface area contributed by atoms with Crippen LogP contribution in [0.25, 0.3) is 88.4 Å². The molecule has 0 unspecified atom stereocenters. The Bertz CT molecular complexity index is 4190. The van der Waals surface area contributed by atoms with Crippen LogP contribution in [0, 0.1) is 0 Å². The number of hydrogen-bond donors (Lipinski definition) is 0. The number of para-hydroxylation sites is 3. The molecular formula is C66H42N4. The maximum Gasteiger partial charge on any atom is 0.0726 e. The first-order chi connectivity index (χ1) is 34.8. The number of fused-ring (bicyclic) bond motifs is 16. The second-order valence-corrected chi connectivity index (χ2v) is 18.6. The molecule has 0 fully saturated rings. The highest BCUT2D eigenvalue weighted by Crippen LogP contribution is 2.64. The Morgan fingerprint density at radius 1 is 0.357 bits per heavy atom. The average molecular weight is 891 g/mol. The Balaban J connectivity index is 0.976. The van der Waals surface area contributed by atoms with Crippen molar-refractivity contribution in [2.24, 2.45) is 0 Å². The predicted octanol–water partition coefficient (Wildman–Crippen LogP) is 16.8. The molecule has 3 heterocycles. The van der Waals surface area contributed by atoms with Gasteiger partial charge in [0.2, 0.25) is 0 Å². The molecule has 70 heavy (non-hydrogen) atoms. The van der Waals surface area contributed by atoms with Crippen molar-refractivity contribution in [1.82, 2.24) is 14.1 Å². The van der Waals surface area contributed by atoms with Crippen LogP contribution in [0.2, 0.25) is 0 Å². The van der Waals surface area contributed by atoms with E-state index in [0.29, 0.717) is 0 Å². The lowest BCUT2D eigenvalue weighted by Crippen LogP contribution is -2.26. The van der Waals surface area contributed by atoms with Crippen molar-refractivity contribution in [1.29, 1.82) is 0 Å². The molecule has 0 N–H and O–H groups in total. The fraction of sp³-hybridized carbons (Fsp3) is 0.0152. The van der Waals surface area contributed by atoms with Crippen LogP contribution in [0.5, 0.6) is 0 Å². The third-order valence-electron chi connectivity index (χ3n) is 15.2. The number of aromatic nitrogens is 3. The van der Waals surface area contributed by atoms with Gasteiger partial charge in [-0.05, 0) is 129 Å². The summed E-state index contributed by atoms with van der Waals surface area (Å²) in [6.45, 7) is 0. The van der Waals surface area contributed by atoms with Gasteiger partial charge in [0.1, 0.15) is 0 Å². The lowest BCUT2D eigenvalue weighted by molar-refractivity contribution is 0.794. The first-order valence-corrected chi connectivity index (χ1v) is 24.1. The highest BCUT2D eigenvalue weighted by Gasteiger charge is 2.52. The SMILES string of the molecule is c1ccc(-n2c3ccccc3c3cc(N(c4ccc(-c5cccc6c5c5cnccc5n6-c5ccccc5)cc4)c4cccc5c4-c4ccccc4C54c5ccccc5-c5ccccc54)ccc32)cc1. The number of benzene rings is 10. The minimum absolute atomic E-state index is 0.468. The molecule has 0 amide bonds. The van der Waals surface area contributed by atoms with E-state index in [1.807, 2.05) is 12.4 Å². The Morgan fingerprint density at radius 3 is 1.61 bits per heavy atom. The van der Waals surface area contributed by atoms with Gasteiger partial charge in [-0.25, -0.2) is 0 Å². The van der Waals surface area contributed by atoms with Crippen molar-refractivity contribution in [3.8, 4) is 44.8 Å². The molecule has 0 aliphatic heterocycles. The van der Waals surface area contributed by atoms with Crippen molar-refractivity contribution in [2.45, 2.75) is 5.41 Å². The molecule has 13 aromatic rings. The fourth-order valence-corrected chi connectivity index (χ4v) is 12.5. The summed E-state index contributed by atoms with van der Waals surface area (Å²) < 4.78 is 4.76. The summed E-state index contributed by atoms with van der Waals surface area (Å²) >= 11 is 0. The van der Waals surface area contributed by atoms with E-state index in [1.165, 1.54) is 77.3 Å². The van der Waals surface area contributed by atoms with Crippen molar-refractivity contribution in [3.05, 3.63) is 277 Å². The number of anilines is 3. The first kappa shape index (κ1) is 38.8. The zero-order valence-corrected chi connectivity index (χ0v) is 38.0. The van der Waals surface area contributed by atoms with E-state index in [-0.39, 0.29) is 0 Å². The highest BCUT2D eigenvalue weighted by molar-refractivity contribution is 6.16. The van der Waals surface area contributed by atoms with E-state index in [0.717, 1.165) is 50.4 Å². The lowest BCUT2D eigenvalue weighted by Gasteiger charge is -2.32. The van der Waals surface area contributed by atoms with Crippen molar-refractivity contribution in [3.63, 3.8) is 0 Å². The standard InChI is InChI=1S/C66H42N4/c1-3-17-44(18-4-1)69-59-30-14-10-23-51(59)53-41-47(37-38-60(53)69)68(46-35-33-43(34-36-46)48-25-15-31-62-64(48)54-42-67-40-39-61(54)70(62)45-19-5-2-6-20-45)63-32-16-29-58-65(63)52-24-9-13-28-57(52)66(58)55-26-11-7-21-49(55)50-22-8-12-27-56(50)66/h1-42H. The molecule has 326 valence electrons. The quantitative estimate of drug-likeness (QED) is 0.166. The van der Waals surface area contributed by atoms with Crippen LogP contribution in [0.15, 0.2) is 255 Å². The molecule has 4 heteroatoms. The second-order valence-electron chi connectivity index (χ2n) is 18.6. The molecule has 3 aromatic heterocycles. The van der Waals surface area contributed by atoms with E-state index < -0.39 is 5.41 Å². The summed E-state index contributed by atoms with van der Waals surface area (Å²) in [7, 11) is 0. The van der Waals surface area contributed by atoms with Crippen LogP contribution in [-0.2, 0) is 5.41 Å². The predicted molar refractivity (Wildman–Crippen MR) is 289 cm³/mol. The van der Waals surface area contributed by atoms with Gasteiger partial charge in [-0.1, -0.05) is 164 Å². The van der Waals surface area contributed by atoms with E-state index in [4.69, 9.17) is 0 Å². The Hall–Kier alpha value is -9.25. The van der Waals surface area contributed by atoms with E-state index in [9.17, 15) is 0 Å². The maximum absolute atomic E-state index is 4.64. The summed E-state index contributed by atoms with van der Waals surface area (Å²) in [6.07, 6.45) is 3.91. The van der Waals surface area contributed by atoms with Crippen LogP contribution in [0.4, 0.5) is 17.1 Å². The van der Waals surface area contributed by atoms with Crippen LogP contribution < -0.4 is 4.90 Å². The largest absolute Gasteiger partial charge is 0.310 e. The molecule has 0 radical (unpaired) electrons. The summed E-state index contributed by atoms with van der Waals surface area (Å²) in [5.74, 6) is 0. The fourth-order valence-electron chi connectivity index (χ4n) is 12.5. The molecule has 2 aliphatic carbocycles. The van der Waals surface area contributed by atoms with Gasteiger partial charge < -0.3 is 14.0 Å². The van der Waals surface area contributed by atoms with Crippen molar-refractivity contribution >= 4 is 60.7 Å². The molecule has 0 saturated carbocycles. The molecule has 10 aromatic carbocycles. The molecule has 4 nitrogen and oxygen atoms in total. The molecule has 0 atom stereocenters. The smallest absolute Gasteiger partial charge is 0.0726 e. The lowest BCUT2D eigenvalue weighted by atomic mass is 9.70. The van der Waals surface area contributed by atoms with Gasteiger partial charge in [0.05, 0.1) is 33.2 Å². The van der Waals surface area contributed by atoms with Gasteiger partial charge in [-0.15, -0.1) is 0 Å². The van der Waals surface area contributed by atoms with E-state index in [1.54, 1.807) is 0 Å². The van der Waals surface area contributed by atoms with Gasteiger partial charge in [0, 0.05) is 62.3 Å². The molecule has 1 spiro atoms. The Labute approximate surface area is 405 Å². The Kier molecular flexibility index (Phi) is 8.25. The molecule has 2 aliphatic rings. The normalized spacial score (nSPS) is 13.0. The number of rotatable bonds is 6. The molecule has 0 bridgehead atoms. The van der Waals surface area contributed by atoms with Gasteiger partial charge in [0.25, 0.3) is 0 Å². The number of hydrogen-bond acceptors (Lipinski definition) is 2. The molecular weight excluding hydrogens is 849 g/mol. The van der Waals surface area contributed by atoms with Crippen LogP contribution in [0.1, 0.15) is 22.3 Å². The van der Waals surface area contributed by atoms with Crippen LogP contribution in [0.3, 0.4) is 0 Å². The zero-order valence-electron chi connectivity index (χ0n) is 38.0. The van der Waals surface area contributed by atoms with Gasteiger partial charge >= 0.3 is 0 Å². The molecule has 0 saturated heterocycles. The minimum Gasteiger partial charge on any atom is -0.310 e. The van der Waals surface area contributed by atoms with Crippen LogP contribution >= 0.6 is 0 Å². The number of pyridine rings is 1. The summed E-state index contributed by atoms with van der Waals surface area (Å²) in [4.78, 5) is 7.15. The first-order valence-electron chi connectivity index (χ1n) is 24.1. The van der Waals surface area contributed by atoms with E-state index in [2.05, 4.69) is 262 Å². The van der Waals surface area contributed by atoms with Crippen molar-refractivity contribution in [2.75, 3.05) is 4.90 Å². The third-order valence-corrected chi connectivity index (χ3v) is 15.2. The van der Waals surface area contributed by atoms with Gasteiger partial charge in [-0.2, -0.15) is 0 Å². The summed E-state index contributed by atoms with van der Waals surface area (Å²) in [5.41, 5.74) is 22.5.